The molecule has 0 spiro atoms. The summed E-state index contributed by atoms with van der Waals surface area (Å²) in [5.74, 6) is 0.0264. The van der Waals surface area contributed by atoms with E-state index in [9.17, 15) is 9.90 Å². The van der Waals surface area contributed by atoms with Gasteiger partial charge in [0.15, 0.2) is 0 Å². The van der Waals surface area contributed by atoms with Crippen molar-refractivity contribution in [2.45, 2.75) is 6.54 Å². The summed E-state index contributed by atoms with van der Waals surface area (Å²) in [6, 6.07) is 4.84. The number of carbonyl (C=O) groups is 1. The van der Waals surface area contributed by atoms with Gasteiger partial charge in [-0.1, -0.05) is 22.0 Å². The third kappa shape index (κ3) is 3.39. The first-order valence-corrected chi connectivity index (χ1v) is 5.40. The summed E-state index contributed by atoms with van der Waals surface area (Å²) < 4.78 is 0.720. The smallest absolute Gasteiger partial charge is 0.407 e. The molecule has 1 aromatic rings. The molecule has 0 aliphatic carbocycles. The van der Waals surface area contributed by atoms with Crippen LogP contribution in [0.3, 0.4) is 0 Å². The maximum atomic E-state index is 10.8. The summed E-state index contributed by atoms with van der Waals surface area (Å²) >= 11 is 3.19. The molecule has 0 saturated heterocycles. The Bertz CT molecular complexity index is 383. The molecule has 1 amide bonds. The van der Waals surface area contributed by atoms with Gasteiger partial charge in [-0.3, -0.25) is 0 Å². The number of hydrogen-bond donors (Lipinski definition) is 3. The monoisotopic (exact) mass is 289 g/mol. The third-order valence-electron chi connectivity index (χ3n) is 2.05. The van der Waals surface area contributed by atoms with E-state index in [0.29, 0.717) is 5.56 Å². The van der Waals surface area contributed by atoms with E-state index in [1.165, 1.54) is 6.07 Å². The molecular weight excluding hydrogens is 278 g/mol. The summed E-state index contributed by atoms with van der Waals surface area (Å²) in [6.45, 7) is -0.177. The quantitative estimate of drug-likeness (QED) is 0.787. The van der Waals surface area contributed by atoms with Crippen LogP contribution in [0.5, 0.6) is 5.75 Å². The van der Waals surface area contributed by atoms with E-state index in [4.69, 9.17) is 10.2 Å². The molecule has 0 saturated carbocycles. The lowest BCUT2D eigenvalue weighted by molar-refractivity contribution is 0.128. The maximum absolute atomic E-state index is 10.8. The van der Waals surface area contributed by atoms with Crippen molar-refractivity contribution in [2.75, 3.05) is 13.2 Å². The van der Waals surface area contributed by atoms with E-state index in [1.54, 1.807) is 12.1 Å². The number of phenolic OH excluding ortho intramolecular Hbond substituents is 1. The molecule has 1 aromatic carbocycles. The van der Waals surface area contributed by atoms with E-state index >= 15 is 0 Å². The van der Waals surface area contributed by atoms with Gasteiger partial charge in [-0.25, -0.2) is 4.79 Å². The zero-order valence-electron chi connectivity index (χ0n) is 8.43. The predicted molar refractivity (Wildman–Crippen MR) is 61.3 cm³/mol. The normalized spacial score (nSPS) is 10.1. The number of amides is 1. The van der Waals surface area contributed by atoms with Crippen LogP contribution in [-0.2, 0) is 6.54 Å². The fraction of sp³-hybridized carbons (Fsp3) is 0.300. The van der Waals surface area contributed by atoms with Crippen LogP contribution in [0.2, 0.25) is 0 Å². The summed E-state index contributed by atoms with van der Waals surface area (Å²) in [6.07, 6.45) is -1.13. The standard InChI is InChI=1S/C10H12BrNO4/c11-8-2-1-7(9(14)5-8)6-12(3-4-13)10(15)16/h1-2,5,13-14H,3-4,6H2,(H,15,16). The van der Waals surface area contributed by atoms with E-state index in [2.05, 4.69) is 15.9 Å². The second-order valence-electron chi connectivity index (χ2n) is 3.20. The number of aromatic hydroxyl groups is 1. The first-order chi connectivity index (χ1) is 7.54. The predicted octanol–water partition coefficient (Wildman–Crippen LogP) is 1.63. The fourth-order valence-corrected chi connectivity index (χ4v) is 1.59. The molecule has 0 unspecified atom stereocenters. The Balaban J connectivity index is 2.81. The zero-order valence-corrected chi connectivity index (χ0v) is 10.0. The number of carboxylic acid groups (broad SMARTS) is 1. The topological polar surface area (TPSA) is 81.0 Å². The first-order valence-electron chi connectivity index (χ1n) is 4.60. The highest BCUT2D eigenvalue weighted by Gasteiger charge is 2.13. The van der Waals surface area contributed by atoms with Crippen molar-refractivity contribution >= 4 is 22.0 Å². The van der Waals surface area contributed by atoms with Crippen LogP contribution >= 0.6 is 15.9 Å². The maximum Gasteiger partial charge on any atom is 0.407 e. The zero-order chi connectivity index (χ0) is 12.1. The van der Waals surface area contributed by atoms with Crippen LogP contribution in [0.25, 0.3) is 0 Å². The summed E-state index contributed by atoms with van der Waals surface area (Å²) in [4.78, 5) is 11.8. The van der Waals surface area contributed by atoms with Gasteiger partial charge in [-0.05, 0) is 12.1 Å². The number of benzene rings is 1. The molecule has 0 aliphatic rings. The lowest BCUT2D eigenvalue weighted by atomic mass is 10.2. The molecule has 5 nitrogen and oxygen atoms in total. The van der Waals surface area contributed by atoms with Gasteiger partial charge in [0.1, 0.15) is 5.75 Å². The van der Waals surface area contributed by atoms with E-state index in [-0.39, 0.29) is 25.4 Å². The average molecular weight is 290 g/mol. The second-order valence-corrected chi connectivity index (χ2v) is 4.12. The van der Waals surface area contributed by atoms with Gasteiger partial charge in [-0.15, -0.1) is 0 Å². The summed E-state index contributed by atoms with van der Waals surface area (Å²) in [5.41, 5.74) is 0.499. The minimum atomic E-state index is -1.13. The molecule has 6 heteroatoms. The number of rotatable bonds is 4. The van der Waals surface area contributed by atoms with Gasteiger partial charge in [-0.2, -0.15) is 0 Å². The molecule has 0 fully saturated rings. The van der Waals surface area contributed by atoms with Crippen molar-refractivity contribution in [3.63, 3.8) is 0 Å². The molecule has 16 heavy (non-hydrogen) atoms. The van der Waals surface area contributed by atoms with Crippen LogP contribution in [0.15, 0.2) is 22.7 Å². The van der Waals surface area contributed by atoms with Crippen molar-refractivity contribution in [1.82, 2.24) is 4.90 Å². The highest BCUT2D eigenvalue weighted by Crippen LogP contribution is 2.23. The Kier molecular flexibility index (Phi) is 4.57. The second kappa shape index (κ2) is 5.72. The number of aliphatic hydroxyl groups excluding tert-OH is 1. The van der Waals surface area contributed by atoms with Gasteiger partial charge in [0.05, 0.1) is 13.2 Å². The lowest BCUT2D eigenvalue weighted by Crippen LogP contribution is -2.31. The highest BCUT2D eigenvalue weighted by molar-refractivity contribution is 9.10. The number of hydrogen-bond acceptors (Lipinski definition) is 3. The van der Waals surface area contributed by atoms with E-state index in [1.807, 2.05) is 0 Å². The molecule has 0 aliphatic heterocycles. The van der Waals surface area contributed by atoms with Crippen LogP contribution in [0, 0.1) is 0 Å². The third-order valence-corrected chi connectivity index (χ3v) is 2.54. The SMILES string of the molecule is O=C(O)N(CCO)Cc1ccc(Br)cc1O. The van der Waals surface area contributed by atoms with E-state index in [0.717, 1.165) is 9.37 Å². The van der Waals surface area contributed by atoms with Gasteiger partial charge >= 0.3 is 6.09 Å². The average Bonchev–Trinajstić information content (AvgIpc) is 2.20. The number of aliphatic hydroxyl groups is 1. The van der Waals surface area contributed by atoms with Crippen molar-refractivity contribution in [3.8, 4) is 5.75 Å². The molecule has 0 heterocycles. The first kappa shape index (κ1) is 12.8. The minimum Gasteiger partial charge on any atom is -0.508 e. The van der Waals surface area contributed by atoms with Crippen molar-refractivity contribution in [2.24, 2.45) is 0 Å². The highest BCUT2D eigenvalue weighted by atomic mass is 79.9. The minimum absolute atomic E-state index is 0.0187. The lowest BCUT2D eigenvalue weighted by Gasteiger charge is -2.18. The Morgan fingerprint density at radius 2 is 2.12 bits per heavy atom. The van der Waals surface area contributed by atoms with Crippen molar-refractivity contribution in [3.05, 3.63) is 28.2 Å². The Morgan fingerprint density at radius 3 is 2.62 bits per heavy atom. The van der Waals surface area contributed by atoms with Gasteiger partial charge in [0.2, 0.25) is 0 Å². The Labute approximate surface area is 101 Å². The Hall–Kier alpha value is -1.27. The van der Waals surface area contributed by atoms with Gasteiger partial charge in [0.25, 0.3) is 0 Å². The summed E-state index contributed by atoms with van der Waals surface area (Å²) in [5, 5.41) is 27.1. The molecule has 0 aromatic heterocycles. The van der Waals surface area contributed by atoms with Gasteiger partial charge < -0.3 is 20.2 Å². The molecular formula is C10H12BrNO4. The molecule has 3 N–H and O–H groups in total. The van der Waals surface area contributed by atoms with Crippen LogP contribution in [-0.4, -0.2) is 39.5 Å². The molecule has 0 atom stereocenters. The van der Waals surface area contributed by atoms with Crippen LogP contribution < -0.4 is 0 Å². The molecule has 0 radical (unpaired) electrons. The van der Waals surface area contributed by atoms with Crippen molar-refractivity contribution in [1.29, 1.82) is 0 Å². The van der Waals surface area contributed by atoms with Crippen LogP contribution in [0.4, 0.5) is 4.79 Å². The number of nitrogens with zero attached hydrogens (tertiary/aromatic N) is 1. The van der Waals surface area contributed by atoms with Crippen molar-refractivity contribution < 1.29 is 20.1 Å². The van der Waals surface area contributed by atoms with Crippen LogP contribution in [0.1, 0.15) is 5.56 Å². The fourth-order valence-electron chi connectivity index (χ4n) is 1.24. The molecule has 88 valence electrons. The summed E-state index contributed by atoms with van der Waals surface area (Å²) in [7, 11) is 0. The van der Waals surface area contributed by atoms with E-state index < -0.39 is 6.09 Å². The number of halogens is 1. The Morgan fingerprint density at radius 1 is 1.44 bits per heavy atom. The van der Waals surface area contributed by atoms with Gasteiger partial charge in [0, 0.05) is 16.6 Å². The number of phenols is 1. The molecule has 0 bridgehead atoms. The largest absolute Gasteiger partial charge is 0.508 e. The molecule has 1 rings (SSSR count).